The number of benzene rings is 1. The third-order valence-corrected chi connectivity index (χ3v) is 4.84. The molecule has 0 saturated heterocycles. The van der Waals surface area contributed by atoms with Gasteiger partial charge in [0.25, 0.3) is 0 Å². The second kappa shape index (κ2) is 7.51. The minimum atomic E-state index is -4.73. The lowest BCUT2D eigenvalue weighted by Gasteiger charge is -2.36. The lowest BCUT2D eigenvalue weighted by Crippen LogP contribution is -2.36. The van der Waals surface area contributed by atoms with Crippen LogP contribution in [0.4, 0.5) is 27.8 Å². The van der Waals surface area contributed by atoms with Gasteiger partial charge in [-0.05, 0) is 49.4 Å². The van der Waals surface area contributed by atoms with Crippen LogP contribution in [0.3, 0.4) is 0 Å². The van der Waals surface area contributed by atoms with Crippen molar-refractivity contribution in [3.63, 3.8) is 0 Å². The summed E-state index contributed by atoms with van der Waals surface area (Å²) < 4.78 is 72.1. The van der Waals surface area contributed by atoms with Crippen LogP contribution in [0.15, 0.2) is 30.5 Å². The van der Waals surface area contributed by atoms with Crippen molar-refractivity contribution in [3.8, 4) is 5.75 Å². The predicted octanol–water partition coefficient (Wildman–Crippen LogP) is 3.87. The van der Waals surface area contributed by atoms with Crippen LogP contribution >= 0.6 is 0 Å². The summed E-state index contributed by atoms with van der Waals surface area (Å²) in [6.45, 7) is 0. The first-order valence-electron chi connectivity index (χ1n) is 8.51. The molecular weight excluding hydrogens is 385 g/mol. The number of anilines is 1. The zero-order chi connectivity index (χ0) is 20.5. The molecule has 1 heterocycles. The highest BCUT2D eigenvalue weighted by molar-refractivity contribution is 5.52. The second-order valence-corrected chi connectivity index (χ2v) is 6.65. The Morgan fingerprint density at radius 2 is 1.82 bits per heavy atom. The van der Waals surface area contributed by atoms with Gasteiger partial charge in [-0.2, -0.15) is 13.2 Å². The Balaban J connectivity index is 1.75. The van der Waals surface area contributed by atoms with E-state index in [2.05, 4.69) is 4.98 Å². The molecule has 1 aliphatic rings. The van der Waals surface area contributed by atoms with Gasteiger partial charge in [-0.15, -0.1) is 0 Å². The highest BCUT2D eigenvalue weighted by Gasteiger charge is 2.40. The average molecular weight is 403 g/mol. The summed E-state index contributed by atoms with van der Waals surface area (Å²) in [4.78, 5) is 3.55. The van der Waals surface area contributed by atoms with E-state index in [9.17, 15) is 27.1 Å². The highest BCUT2D eigenvalue weighted by atomic mass is 19.4. The largest absolute Gasteiger partial charge is 0.490 e. The van der Waals surface area contributed by atoms with Gasteiger partial charge in [0.05, 0.1) is 11.7 Å². The van der Waals surface area contributed by atoms with E-state index < -0.39 is 46.6 Å². The summed E-state index contributed by atoms with van der Waals surface area (Å²) in [6, 6.07) is 4.25. The van der Waals surface area contributed by atoms with Crippen molar-refractivity contribution in [2.24, 2.45) is 5.84 Å². The molecule has 152 valence electrons. The molecule has 5 nitrogen and oxygen atoms in total. The van der Waals surface area contributed by atoms with Crippen molar-refractivity contribution in [3.05, 3.63) is 53.2 Å². The number of pyridine rings is 1. The third-order valence-electron chi connectivity index (χ3n) is 4.84. The predicted molar refractivity (Wildman–Crippen MR) is 90.2 cm³/mol. The maximum absolute atomic E-state index is 13.5. The Bertz CT molecular complexity index is 852. The van der Waals surface area contributed by atoms with Crippen molar-refractivity contribution in [2.45, 2.75) is 43.6 Å². The number of rotatable bonds is 4. The van der Waals surface area contributed by atoms with Crippen molar-refractivity contribution in [1.82, 2.24) is 4.98 Å². The summed E-state index contributed by atoms with van der Waals surface area (Å²) >= 11 is 0. The molecule has 10 heteroatoms. The van der Waals surface area contributed by atoms with Crippen molar-refractivity contribution in [1.29, 1.82) is 0 Å². The highest BCUT2D eigenvalue weighted by Crippen LogP contribution is 2.43. The van der Waals surface area contributed by atoms with Gasteiger partial charge >= 0.3 is 6.18 Å². The van der Waals surface area contributed by atoms with Gasteiger partial charge < -0.3 is 15.3 Å². The van der Waals surface area contributed by atoms with Gasteiger partial charge in [-0.1, -0.05) is 6.07 Å². The molecule has 1 aromatic heterocycles. The van der Waals surface area contributed by atoms with Crippen molar-refractivity contribution >= 4 is 5.82 Å². The zero-order valence-electron chi connectivity index (χ0n) is 14.6. The molecule has 1 saturated carbocycles. The number of aliphatic hydroxyl groups is 1. The lowest BCUT2D eigenvalue weighted by molar-refractivity contribution is -0.139. The van der Waals surface area contributed by atoms with Gasteiger partial charge in [-0.3, -0.25) is 0 Å². The summed E-state index contributed by atoms with van der Waals surface area (Å²) in [5, 5.41) is 10.7. The number of alkyl halides is 3. The molecule has 1 fully saturated rings. The van der Waals surface area contributed by atoms with Crippen LogP contribution in [-0.2, 0) is 11.8 Å². The smallest absolute Gasteiger partial charge is 0.423 e. The molecule has 0 aliphatic heterocycles. The Kier molecular flexibility index (Phi) is 5.44. The fourth-order valence-electron chi connectivity index (χ4n) is 3.37. The number of ether oxygens (including phenoxy) is 1. The SMILES string of the molecule is NNc1nccc(O[C@H]2CC[C@@](O)(c3ccc(F)c(F)c3)CC2)c1C(F)(F)F. The van der Waals surface area contributed by atoms with E-state index in [0.29, 0.717) is 0 Å². The molecule has 4 N–H and O–H groups in total. The van der Waals surface area contributed by atoms with E-state index in [1.54, 1.807) is 0 Å². The van der Waals surface area contributed by atoms with Gasteiger partial charge in [-0.25, -0.2) is 19.6 Å². The van der Waals surface area contributed by atoms with Crippen LogP contribution in [0.2, 0.25) is 0 Å². The maximum atomic E-state index is 13.5. The molecule has 0 spiro atoms. The van der Waals surface area contributed by atoms with Crippen LogP contribution in [0.5, 0.6) is 5.75 Å². The molecule has 0 bridgehead atoms. The Morgan fingerprint density at radius 3 is 2.39 bits per heavy atom. The number of nitrogens with zero attached hydrogens (tertiary/aromatic N) is 1. The molecule has 1 aromatic carbocycles. The second-order valence-electron chi connectivity index (χ2n) is 6.65. The summed E-state index contributed by atoms with van der Waals surface area (Å²) in [5.74, 6) is 2.05. The summed E-state index contributed by atoms with van der Waals surface area (Å²) in [7, 11) is 0. The first-order valence-corrected chi connectivity index (χ1v) is 8.51. The number of halogens is 5. The summed E-state index contributed by atoms with van der Waals surface area (Å²) in [5.41, 5.74) is -0.383. The maximum Gasteiger partial charge on any atom is 0.423 e. The number of nitrogen functional groups attached to an aromatic ring is 1. The minimum Gasteiger partial charge on any atom is -0.490 e. The molecular formula is C18H18F5N3O2. The number of nitrogens with two attached hydrogens (primary N) is 1. The Hall–Kier alpha value is -2.46. The number of hydrogen-bond acceptors (Lipinski definition) is 5. The van der Waals surface area contributed by atoms with E-state index in [1.165, 1.54) is 6.07 Å². The number of aromatic nitrogens is 1. The van der Waals surface area contributed by atoms with Crippen molar-refractivity contribution < 1.29 is 31.8 Å². The first kappa shape index (κ1) is 20.3. The van der Waals surface area contributed by atoms with Crippen LogP contribution in [0.25, 0.3) is 0 Å². The Labute approximate surface area is 157 Å². The van der Waals surface area contributed by atoms with E-state index in [1.807, 2.05) is 5.43 Å². The minimum absolute atomic E-state index is 0.122. The average Bonchev–Trinajstić information content (AvgIpc) is 2.64. The quantitative estimate of drug-likeness (QED) is 0.410. The van der Waals surface area contributed by atoms with Gasteiger partial charge in [0.15, 0.2) is 17.5 Å². The van der Waals surface area contributed by atoms with E-state index in [0.717, 1.165) is 24.4 Å². The Morgan fingerprint density at radius 1 is 1.14 bits per heavy atom. The van der Waals surface area contributed by atoms with Gasteiger partial charge in [0.2, 0.25) is 0 Å². The zero-order valence-corrected chi connectivity index (χ0v) is 14.6. The molecule has 0 unspecified atom stereocenters. The number of hydrogen-bond donors (Lipinski definition) is 3. The molecule has 0 radical (unpaired) electrons. The molecule has 2 aromatic rings. The first-order chi connectivity index (χ1) is 13.1. The fourth-order valence-corrected chi connectivity index (χ4v) is 3.37. The number of nitrogens with one attached hydrogen (secondary N) is 1. The number of hydrazine groups is 1. The topological polar surface area (TPSA) is 80.4 Å². The van der Waals surface area contributed by atoms with E-state index in [-0.39, 0.29) is 31.2 Å². The van der Waals surface area contributed by atoms with Crippen molar-refractivity contribution in [2.75, 3.05) is 5.43 Å². The molecule has 3 rings (SSSR count). The van der Waals surface area contributed by atoms with Crippen LogP contribution < -0.4 is 16.0 Å². The van der Waals surface area contributed by atoms with Gasteiger partial charge in [0, 0.05) is 6.20 Å². The molecule has 28 heavy (non-hydrogen) atoms. The van der Waals surface area contributed by atoms with Gasteiger partial charge in [0.1, 0.15) is 11.3 Å². The fraction of sp³-hybridized carbons (Fsp3) is 0.389. The molecule has 0 atom stereocenters. The molecule has 1 aliphatic carbocycles. The van der Waals surface area contributed by atoms with Crippen LogP contribution in [0, 0.1) is 11.6 Å². The standard InChI is InChI=1S/C18H18F5N3O2/c19-12-2-1-10(9-13(12)20)17(27)6-3-11(4-7-17)28-14-5-8-25-16(26-24)15(14)18(21,22)23/h1-2,5,8-9,11,27H,3-4,6-7,24H2,(H,25,26)/t11-,17-. The van der Waals surface area contributed by atoms with E-state index >= 15 is 0 Å². The normalized spacial score (nSPS) is 22.8. The lowest BCUT2D eigenvalue weighted by atomic mass is 9.78. The molecule has 0 amide bonds. The monoisotopic (exact) mass is 403 g/mol. The van der Waals surface area contributed by atoms with Crippen LogP contribution in [0.1, 0.15) is 36.8 Å². The van der Waals surface area contributed by atoms with E-state index in [4.69, 9.17) is 10.6 Å². The van der Waals surface area contributed by atoms with Crippen LogP contribution in [-0.4, -0.2) is 16.2 Å². The third kappa shape index (κ3) is 4.02. The summed E-state index contributed by atoms with van der Waals surface area (Å²) in [6.07, 6.45) is -3.50.